The summed E-state index contributed by atoms with van der Waals surface area (Å²) < 4.78 is 19.5. The lowest BCUT2D eigenvalue weighted by Crippen LogP contribution is -1.97. The molecule has 0 N–H and O–H groups in total. The number of rotatable bonds is 3. The first-order valence-corrected chi connectivity index (χ1v) is 7.83. The van der Waals surface area contributed by atoms with E-state index in [0.717, 1.165) is 16.5 Å². The lowest BCUT2D eigenvalue weighted by molar-refractivity contribution is 0.425. The van der Waals surface area contributed by atoms with Gasteiger partial charge in [0.25, 0.3) is 0 Å². The zero-order chi connectivity index (χ0) is 17.2. The smallest absolute Gasteiger partial charge is 0.222 e. The Kier molecular flexibility index (Phi) is 3.82. The lowest BCUT2D eigenvalue weighted by Gasteiger charge is -2.10. The van der Waals surface area contributed by atoms with Crippen LogP contribution in [0.3, 0.4) is 0 Å². The second kappa shape index (κ2) is 6.28. The summed E-state index contributed by atoms with van der Waals surface area (Å²) in [5.74, 6) is 0.530. The molecule has 0 fully saturated rings. The van der Waals surface area contributed by atoms with Gasteiger partial charge in [0.1, 0.15) is 5.69 Å². The Hall–Kier alpha value is -3.34. The summed E-state index contributed by atoms with van der Waals surface area (Å²) in [6.45, 7) is 1.86. The number of pyridine rings is 1. The number of nitrogens with zero attached hydrogens (tertiary/aromatic N) is 3. The Morgan fingerprint density at radius 1 is 0.880 bits per heavy atom. The van der Waals surface area contributed by atoms with Gasteiger partial charge in [-0.3, -0.25) is 0 Å². The predicted octanol–water partition coefficient (Wildman–Crippen LogP) is 4.93. The van der Waals surface area contributed by atoms with Crippen molar-refractivity contribution in [3.63, 3.8) is 0 Å². The van der Waals surface area contributed by atoms with Crippen molar-refractivity contribution in [2.45, 2.75) is 6.92 Å². The second-order valence-electron chi connectivity index (χ2n) is 5.60. The number of halogens is 1. The van der Waals surface area contributed by atoms with Crippen molar-refractivity contribution < 1.29 is 9.13 Å². The third kappa shape index (κ3) is 3.04. The van der Waals surface area contributed by atoms with Crippen molar-refractivity contribution in [1.29, 1.82) is 0 Å². The quantitative estimate of drug-likeness (QED) is 0.534. The molecule has 0 bridgehead atoms. The number of ether oxygens (including phenoxy) is 1. The molecule has 5 heteroatoms. The summed E-state index contributed by atoms with van der Waals surface area (Å²) in [7, 11) is 0. The number of para-hydroxylation sites is 2. The first kappa shape index (κ1) is 15.2. The van der Waals surface area contributed by atoms with Gasteiger partial charge < -0.3 is 4.74 Å². The van der Waals surface area contributed by atoms with Gasteiger partial charge in [0.05, 0.1) is 5.52 Å². The van der Waals surface area contributed by atoms with Crippen LogP contribution in [-0.4, -0.2) is 15.0 Å². The van der Waals surface area contributed by atoms with Crippen molar-refractivity contribution >= 4 is 10.9 Å². The van der Waals surface area contributed by atoms with Crippen LogP contribution in [0.5, 0.6) is 11.6 Å². The molecule has 122 valence electrons. The van der Waals surface area contributed by atoms with E-state index in [4.69, 9.17) is 4.74 Å². The average Bonchev–Trinajstić information content (AvgIpc) is 2.65. The molecule has 0 saturated carbocycles. The van der Waals surface area contributed by atoms with Crippen LogP contribution < -0.4 is 4.74 Å². The van der Waals surface area contributed by atoms with E-state index in [1.165, 1.54) is 6.07 Å². The van der Waals surface area contributed by atoms with Crippen LogP contribution in [0.1, 0.15) is 5.56 Å². The number of hydrogen-bond acceptors (Lipinski definition) is 4. The van der Waals surface area contributed by atoms with E-state index in [1.54, 1.807) is 24.4 Å². The molecule has 0 aliphatic heterocycles. The first-order valence-electron chi connectivity index (χ1n) is 7.83. The van der Waals surface area contributed by atoms with Gasteiger partial charge in [0.2, 0.25) is 5.88 Å². The highest BCUT2D eigenvalue weighted by Gasteiger charge is 2.11. The Morgan fingerprint density at radius 3 is 2.56 bits per heavy atom. The van der Waals surface area contributed by atoms with Crippen LogP contribution in [0.2, 0.25) is 0 Å². The summed E-state index contributed by atoms with van der Waals surface area (Å²) in [6, 6.07) is 17.7. The fourth-order valence-electron chi connectivity index (χ4n) is 2.47. The van der Waals surface area contributed by atoms with Gasteiger partial charge in [-0.2, -0.15) is 0 Å². The van der Waals surface area contributed by atoms with Gasteiger partial charge in [-0.05, 0) is 31.2 Å². The molecule has 0 amide bonds. The molecular weight excluding hydrogens is 317 g/mol. The van der Waals surface area contributed by atoms with Crippen LogP contribution in [0, 0.1) is 12.7 Å². The van der Waals surface area contributed by atoms with Crippen LogP contribution in [0.4, 0.5) is 4.39 Å². The molecule has 0 atom stereocenters. The fourth-order valence-corrected chi connectivity index (χ4v) is 2.47. The van der Waals surface area contributed by atoms with Crippen LogP contribution in [0.15, 0.2) is 66.9 Å². The Labute approximate surface area is 144 Å². The summed E-state index contributed by atoms with van der Waals surface area (Å²) in [5.41, 5.74) is 2.21. The van der Waals surface area contributed by atoms with E-state index < -0.39 is 5.82 Å². The molecule has 4 aromatic rings. The van der Waals surface area contributed by atoms with Gasteiger partial charge in [0, 0.05) is 17.1 Å². The monoisotopic (exact) mass is 331 g/mol. The van der Waals surface area contributed by atoms with Gasteiger partial charge in [-0.25, -0.2) is 19.3 Å². The molecule has 0 aliphatic carbocycles. The van der Waals surface area contributed by atoms with Crippen LogP contribution in [-0.2, 0) is 0 Å². The number of fused-ring (bicyclic) bond motifs is 1. The zero-order valence-corrected chi connectivity index (χ0v) is 13.5. The molecule has 0 saturated heterocycles. The van der Waals surface area contributed by atoms with E-state index in [1.807, 2.05) is 43.3 Å². The standard InChI is InChI=1S/C20H14FN3O/c1-13-10-11-17(19-22-12-14-6-2-4-8-16(14)23-19)24-20(13)25-18-9-5-3-7-15(18)21/h2-12H,1H3. The number of aromatic nitrogens is 3. The average molecular weight is 331 g/mol. The van der Waals surface area contributed by atoms with Crippen LogP contribution in [0.25, 0.3) is 22.4 Å². The fraction of sp³-hybridized carbons (Fsp3) is 0.0500. The molecule has 0 aliphatic rings. The zero-order valence-electron chi connectivity index (χ0n) is 13.5. The van der Waals surface area contributed by atoms with Crippen molar-refractivity contribution in [2.75, 3.05) is 0 Å². The highest BCUT2D eigenvalue weighted by molar-refractivity contribution is 5.79. The molecule has 4 nitrogen and oxygen atoms in total. The third-order valence-electron chi connectivity index (χ3n) is 3.81. The third-order valence-corrected chi connectivity index (χ3v) is 3.81. The molecule has 0 spiro atoms. The van der Waals surface area contributed by atoms with Crippen molar-refractivity contribution in [2.24, 2.45) is 0 Å². The van der Waals surface area contributed by atoms with Gasteiger partial charge in [0.15, 0.2) is 17.4 Å². The van der Waals surface area contributed by atoms with Crippen molar-refractivity contribution in [3.8, 4) is 23.1 Å². The summed E-state index contributed by atoms with van der Waals surface area (Å²) >= 11 is 0. The molecule has 2 heterocycles. The van der Waals surface area contributed by atoms with Gasteiger partial charge in [-0.1, -0.05) is 36.4 Å². The minimum Gasteiger partial charge on any atom is -0.436 e. The normalized spacial score (nSPS) is 10.8. The van der Waals surface area contributed by atoms with Crippen molar-refractivity contribution in [1.82, 2.24) is 15.0 Å². The number of hydrogen-bond donors (Lipinski definition) is 0. The highest BCUT2D eigenvalue weighted by Crippen LogP contribution is 2.27. The number of benzene rings is 2. The maximum atomic E-state index is 13.8. The van der Waals surface area contributed by atoms with E-state index in [2.05, 4.69) is 15.0 Å². The molecule has 25 heavy (non-hydrogen) atoms. The van der Waals surface area contributed by atoms with Gasteiger partial charge >= 0.3 is 0 Å². The topological polar surface area (TPSA) is 47.9 Å². The SMILES string of the molecule is Cc1ccc(-c2ncc3ccccc3n2)nc1Oc1ccccc1F. The maximum absolute atomic E-state index is 13.8. The minimum absolute atomic E-state index is 0.134. The largest absolute Gasteiger partial charge is 0.436 e. The first-order chi connectivity index (χ1) is 12.2. The molecule has 0 radical (unpaired) electrons. The highest BCUT2D eigenvalue weighted by atomic mass is 19.1. The van der Waals surface area contributed by atoms with E-state index >= 15 is 0 Å². The van der Waals surface area contributed by atoms with E-state index in [-0.39, 0.29) is 5.75 Å². The second-order valence-corrected chi connectivity index (χ2v) is 5.60. The summed E-state index contributed by atoms with van der Waals surface area (Å²) in [4.78, 5) is 13.4. The number of aryl methyl sites for hydroxylation is 1. The van der Waals surface area contributed by atoms with Gasteiger partial charge in [-0.15, -0.1) is 0 Å². The molecular formula is C20H14FN3O. The Balaban J connectivity index is 1.74. The summed E-state index contributed by atoms with van der Waals surface area (Å²) in [6.07, 6.45) is 1.76. The Morgan fingerprint density at radius 2 is 1.68 bits per heavy atom. The molecule has 2 aromatic heterocycles. The van der Waals surface area contributed by atoms with E-state index in [0.29, 0.717) is 17.4 Å². The minimum atomic E-state index is -0.434. The molecule has 4 rings (SSSR count). The Bertz CT molecular complexity index is 1070. The predicted molar refractivity (Wildman–Crippen MR) is 94.0 cm³/mol. The summed E-state index contributed by atoms with van der Waals surface area (Å²) in [5, 5.41) is 0.959. The van der Waals surface area contributed by atoms with Crippen LogP contribution >= 0.6 is 0 Å². The van der Waals surface area contributed by atoms with Crippen molar-refractivity contribution in [3.05, 3.63) is 78.2 Å². The van der Waals surface area contributed by atoms with E-state index in [9.17, 15) is 4.39 Å². The lowest BCUT2D eigenvalue weighted by atomic mass is 10.2. The maximum Gasteiger partial charge on any atom is 0.222 e. The molecule has 0 unspecified atom stereocenters. The molecule has 2 aromatic carbocycles.